The lowest BCUT2D eigenvalue weighted by molar-refractivity contribution is 0.323. The number of hydrogen-bond acceptors (Lipinski definition) is 1. The molecule has 0 aromatic heterocycles. The van der Waals surface area contributed by atoms with Gasteiger partial charge >= 0.3 is 0 Å². The zero-order chi connectivity index (χ0) is 14.7. The number of nitrogens with one attached hydrogen (secondary N) is 1. The first-order chi connectivity index (χ1) is 10.2. The molecule has 0 spiro atoms. The average molecular weight is 365 g/mol. The lowest BCUT2D eigenvalue weighted by atomic mass is 9.78. The summed E-state index contributed by atoms with van der Waals surface area (Å²) in [5.41, 5.74) is 2.81. The minimum Gasteiger partial charge on any atom is -0.316 e. The van der Waals surface area contributed by atoms with E-state index in [-0.39, 0.29) is 0 Å². The van der Waals surface area contributed by atoms with Gasteiger partial charge in [-0.15, -0.1) is 0 Å². The summed E-state index contributed by atoms with van der Waals surface area (Å²) in [6, 6.07) is 17.0. The van der Waals surface area contributed by atoms with Gasteiger partial charge in [0.05, 0.1) is 0 Å². The molecule has 2 unspecified atom stereocenters. The monoisotopic (exact) mass is 363 g/mol. The second kappa shape index (κ2) is 6.95. The highest BCUT2D eigenvalue weighted by molar-refractivity contribution is 9.10. The third-order valence-electron chi connectivity index (χ3n) is 4.31. The fourth-order valence-electron chi connectivity index (χ4n) is 3.27. The molecule has 3 heteroatoms. The van der Waals surface area contributed by atoms with Crippen LogP contribution in [0.15, 0.2) is 53.0 Å². The lowest BCUT2D eigenvalue weighted by Gasteiger charge is -2.33. The molecule has 1 nitrogen and oxygen atoms in total. The molecule has 0 bridgehead atoms. The van der Waals surface area contributed by atoms with Gasteiger partial charge in [-0.3, -0.25) is 0 Å². The second-order valence-corrected chi connectivity index (χ2v) is 7.01. The minimum absolute atomic E-state index is 0.582. The molecular formula is C18H19BrClN. The number of hydrogen-bond donors (Lipinski definition) is 1. The molecule has 2 atom stereocenters. The molecule has 2 aromatic carbocycles. The largest absolute Gasteiger partial charge is 0.316 e. The van der Waals surface area contributed by atoms with Crippen LogP contribution in [0.1, 0.15) is 23.5 Å². The summed E-state index contributed by atoms with van der Waals surface area (Å²) in [5.74, 6) is 1.21. The molecule has 1 N–H and O–H groups in total. The maximum atomic E-state index is 6.08. The van der Waals surface area contributed by atoms with Crippen LogP contribution in [0.3, 0.4) is 0 Å². The Hall–Kier alpha value is -0.830. The van der Waals surface area contributed by atoms with Crippen LogP contribution in [-0.2, 0) is 6.42 Å². The molecule has 1 heterocycles. The van der Waals surface area contributed by atoms with Crippen LogP contribution in [0.5, 0.6) is 0 Å². The summed E-state index contributed by atoms with van der Waals surface area (Å²) in [4.78, 5) is 0. The molecule has 2 aromatic rings. The minimum atomic E-state index is 0.582. The molecule has 1 saturated heterocycles. The quantitative estimate of drug-likeness (QED) is 0.804. The molecule has 0 saturated carbocycles. The van der Waals surface area contributed by atoms with E-state index in [1.54, 1.807) is 0 Å². The van der Waals surface area contributed by atoms with Crippen molar-refractivity contribution < 1.29 is 0 Å². The smallest absolute Gasteiger partial charge is 0.0417 e. The van der Waals surface area contributed by atoms with Crippen LogP contribution in [0, 0.1) is 5.92 Å². The van der Waals surface area contributed by atoms with Gasteiger partial charge in [0.2, 0.25) is 0 Å². The van der Waals surface area contributed by atoms with Gasteiger partial charge in [-0.2, -0.15) is 0 Å². The number of halogens is 2. The topological polar surface area (TPSA) is 12.0 Å². The van der Waals surface area contributed by atoms with E-state index in [0.29, 0.717) is 11.8 Å². The summed E-state index contributed by atoms with van der Waals surface area (Å²) < 4.78 is 1.14. The molecule has 0 amide bonds. The van der Waals surface area contributed by atoms with Crippen molar-refractivity contribution in [1.82, 2.24) is 5.32 Å². The van der Waals surface area contributed by atoms with E-state index in [9.17, 15) is 0 Å². The molecule has 1 aliphatic heterocycles. The van der Waals surface area contributed by atoms with Crippen molar-refractivity contribution in [3.63, 3.8) is 0 Å². The van der Waals surface area contributed by atoms with Crippen molar-refractivity contribution in [3.8, 4) is 0 Å². The second-order valence-electron chi connectivity index (χ2n) is 5.71. The van der Waals surface area contributed by atoms with Crippen LogP contribution in [0.2, 0.25) is 5.02 Å². The number of rotatable bonds is 3. The van der Waals surface area contributed by atoms with Crippen LogP contribution >= 0.6 is 27.5 Å². The first-order valence-corrected chi connectivity index (χ1v) is 8.61. The fourth-order valence-corrected chi connectivity index (χ4v) is 4.24. The molecule has 21 heavy (non-hydrogen) atoms. The van der Waals surface area contributed by atoms with Crippen molar-refractivity contribution in [3.05, 3.63) is 69.2 Å². The lowest BCUT2D eigenvalue weighted by Crippen LogP contribution is -2.36. The van der Waals surface area contributed by atoms with Gasteiger partial charge in [-0.05, 0) is 61.0 Å². The Labute approximate surface area is 139 Å². The Balaban J connectivity index is 1.84. The van der Waals surface area contributed by atoms with Crippen molar-refractivity contribution in [1.29, 1.82) is 0 Å². The number of benzene rings is 2. The van der Waals surface area contributed by atoms with Gasteiger partial charge in [0.25, 0.3) is 0 Å². The first kappa shape index (κ1) is 15.1. The van der Waals surface area contributed by atoms with Gasteiger partial charge in [0, 0.05) is 9.50 Å². The highest BCUT2D eigenvalue weighted by Gasteiger charge is 2.27. The Morgan fingerprint density at radius 2 is 1.95 bits per heavy atom. The molecule has 0 radical (unpaired) electrons. The van der Waals surface area contributed by atoms with Crippen molar-refractivity contribution in [2.24, 2.45) is 5.92 Å². The van der Waals surface area contributed by atoms with Gasteiger partial charge in [0.1, 0.15) is 0 Å². The zero-order valence-electron chi connectivity index (χ0n) is 11.9. The highest BCUT2D eigenvalue weighted by atomic mass is 79.9. The van der Waals surface area contributed by atoms with E-state index in [1.165, 1.54) is 17.5 Å². The molecule has 1 aliphatic rings. The summed E-state index contributed by atoms with van der Waals surface area (Å²) in [6.45, 7) is 2.17. The third kappa shape index (κ3) is 3.68. The summed E-state index contributed by atoms with van der Waals surface area (Å²) >= 11 is 9.77. The fraction of sp³-hybridized carbons (Fsp3) is 0.333. The van der Waals surface area contributed by atoms with Gasteiger partial charge in [0.15, 0.2) is 0 Å². The van der Waals surface area contributed by atoms with Gasteiger partial charge in [-0.25, -0.2) is 0 Å². The summed E-state index contributed by atoms with van der Waals surface area (Å²) in [5, 5.41) is 4.34. The predicted octanol–water partition coefficient (Wildman–Crippen LogP) is 5.04. The average Bonchev–Trinajstić information content (AvgIpc) is 2.49. The maximum absolute atomic E-state index is 6.08. The third-order valence-corrected chi connectivity index (χ3v) is 5.23. The van der Waals surface area contributed by atoms with Crippen LogP contribution < -0.4 is 5.32 Å². The van der Waals surface area contributed by atoms with E-state index >= 15 is 0 Å². The van der Waals surface area contributed by atoms with E-state index in [2.05, 4.69) is 57.6 Å². The zero-order valence-corrected chi connectivity index (χ0v) is 14.2. The normalized spacial score (nSPS) is 22.2. The van der Waals surface area contributed by atoms with E-state index in [1.807, 2.05) is 12.1 Å². The Morgan fingerprint density at radius 3 is 2.71 bits per heavy atom. The molecule has 0 aliphatic carbocycles. The molecule has 1 fully saturated rings. The van der Waals surface area contributed by atoms with E-state index in [0.717, 1.165) is 29.0 Å². The molecule has 3 rings (SSSR count). The highest BCUT2D eigenvalue weighted by Crippen LogP contribution is 2.37. The first-order valence-electron chi connectivity index (χ1n) is 7.43. The van der Waals surface area contributed by atoms with E-state index in [4.69, 9.17) is 11.6 Å². The molecular weight excluding hydrogens is 346 g/mol. The number of piperidine rings is 1. The summed E-state index contributed by atoms with van der Waals surface area (Å²) in [7, 11) is 0. The standard InChI is InChI=1S/C18H19BrClN/c19-18-11-15(20)6-7-17(18)16-8-9-21-12-14(16)10-13-4-2-1-3-5-13/h1-7,11,14,16,21H,8-10,12H2. The van der Waals surface area contributed by atoms with Crippen molar-refractivity contribution >= 4 is 27.5 Å². The van der Waals surface area contributed by atoms with Crippen LogP contribution in [0.25, 0.3) is 0 Å². The van der Waals surface area contributed by atoms with Gasteiger partial charge < -0.3 is 5.32 Å². The Morgan fingerprint density at radius 1 is 1.14 bits per heavy atom. The van der Waals surface area contributed by atoms with E-state index < -0.39 is 0 Å². The summed E-state index contributed by atoms with van der Waals surface area (Å²) in [6.07, 6.45) is 2.30. The van der Waals surface area contributed by atoms with Crippen LogP contribution in [-0.4, -0.2) is 13.1 Å². The Kier molecular flexibility index (Phi) is 4.99. The van der Waals surface area contributed by atoms with Gasteiger partial charge in [-0.1, -0.05) is 63.9 Å². The predicted molar refractivity (Wildman–Crippen MR) is 93.0 cm³/mol. The molecule has 110 valence electrons. The van der Waals surface area contributed by atoms with Crippen LogP contribution in [0.4, 0.5) is 0 Å². The van der Waals surface area contributed by atoms with Crippen molar-refractivity contribution in [2.45, 2.75) is 18.8 Å². The van der Waals surface area contributed by atoms with Crippen molar-refractivity contribution in [2.75, 3.05) is 13.1 Å². The SMILES string of the molecule is Clc1ccc(C2CCNCC2Cc2ccccc2)c(Br)c1. The Bertz CT molecular complexity index is 599. The maximum Gasteiger partial charge on any atom is 0.0417 e.